The summed E-state index contributed by atoms with van der Waals surface area (Å²) in [4.78, 5) is 41.9. The smallest absolute Gasteiger partial charge is 0.287 e. The van der Waals surface area contributed by atoms with E-state index in [1.54, 1.807) is 12.1 Å². The molecule has 1 aliphatic heterocycles. The van der Waals surface area contributed by atoms with Gasteiger partial charge in [0.2, 0.25) is 5.88 Å². The summed E-state index contributed by atoms with van der Waals surface area (Å²) in [5.74, 6) is -0.387. The maximum Gasteiger partial charge on any atom is 0.287 e. The van der Waals surface area contributed by atoms with Crippen molar-refractivity contribution < 1.29 is 19.2 Å². The van der Waals surface area contributed by atoms with Crippen LogP contribution in [0.4, 0.5) is 11.4 Å². The third kappa shape index (κ3) is 3.53. The highest BCUT2D eigenvalue weighted by atomic mass is 16.6. The number of hydrogen-bond acceptors (Lipinski definition) is 8. The van der Waals surface area contributed by atoms with Crippen molar-refractivity contribution in [2.75, 3.05) is 19.0 Å². The van der Waals surface area contributed by atoms with Crippen molar-refractivity contribution in [3.63, 3.8) is 0 Å². The van der Waals surface area contributed by atoms with E-state index in [9.17, 15) is 19.7 Å². The highest BCUT2D eigenvalue weighted by molar-refractivity contribution is 6.07. The molecular formula is C23H21N5O5. The number of benzene rings is 1. The summed E-state index contributed by atoms with van der Waals surface area (Å²) in [6.07, 6.45) is 7.46. The molecule has 0 N–H and O–H groups in total. The topological polar surface area (TPSA) is 118 Å². The van der Waals surface area contributed by atoms with E-state index in [1.807, 2.05) is 37.2 Å². The molecule has 1 saturated heterocycles. The molecule has 2 bridgehead atoms. The fraction of sp³-hybridized carbons (Fsp3) is 0.304. The standard InChI is InChI=1S/C23H21N5O5/c1-26(2)16-6-5-15(18(10-16)33-19-8-7-17(12-24-19)28(31)32)11-25-27-22(29)20-13-3-4-14(9-13)21(20)23(27)30/h3-8,10-14,20-21H,9H2,1-2H3/t13-,14-,20-,21+/m0/s1. The van der Waals surface area contributed by atoms with Gasteiger partial charge in [0.1, 0.15) is 11.9 Å². The van der Waals surface area contributed by atoms with E-state index in [1.165, 1.54) is 18.3 Å². The predicted octanol–water partition coefficient (Wildman–Crippen LogP) is 2.99. The van der Waals surface area contributed by atoms with E-state index in [4.69, 9.17) is 4.74 Å². The van der Waals surface area contributed by atoms with E-state index < -0.39 is 4.92 Å². The van der Waals surface area contributed by atoms with Crippen LogP contribution in [-0.2, 0) is 9.59 Å². The van der Waals surface area contributed by atoms with Crippen LogP contribution in [0.25, 0.3) is 0 Å². The molecule has 2 aliphatic carbocycles. The number of rotatable bonds is 6. The van der Waals surface area contributed by atoms with Gasteiger partial charge in [0.05, 0.1) is 23.0 Å². The first-order valence-electron chi connectivity index (χ1n) is 10.5. The number of hydrogen-bond donors (Lipinski definition) is 0. The van der Waals surface area contributed by atoms with E-state index in [-0.39, 0.29) is 47.1 Å². The average Bonchev–Trinajstić information content (AvgIpc) is 3.47. The zero-order valence-electron chi connectivity index (χ0n) is 18.0. The van der Waals surface area contributed by atoms with Crippen molar-refractivity contribution in [1.82, 2.24) is 9.99 Å². The number of nitro groups is 1. The van der Waals surface area contributed by atoms with Gasteiger partial charge in [-0.2, -0.15) is 10.1 Å². The number of carbonyl (C=O) groups is 2. The second kappa shape index (κ2) is 7.80. The Morgan fingerprint density at radius 3 is 2.42 bits per heavy atom. The normalized spacial score (nSPS) is 25.2. The Morgan fingerprint density at radius 2 is 1.85 bits per heavy atom. The molecule has 0 spiro atoms. The van der Waals surface area contributed by atoms with Gasteiger partial charge in [-0.05, 0) is 30.4 Å². The molecular weight excluding hydrogens is 426 g/mol. The number of hydrazone groups is 1. The molecule has 0 radical (unpaired) electrons. The molecule has 2 fully saturated rings. The van der Waals surface area contributed by atoms with Crippen LogP contribution in [0.5, 0.6) is 11.6 Å². The number of allylic oxidation sites excluding steroid dienone is 2. The minimum Gasteiger partial charge on any atom is -0.438 e. The maximum atomic E-state index is 12.9. The lowest BCUT2D eigenvalue weighted by atomic mass is 9.85. The Bertz CT molecular complexity index is 1180. The number of aromatic nitrogens is 1. The van der Waals surface area contributed by atoms with Gasteiger partial charge in [0.25, 0.3) is 17.5 Å². The van der Waals surface area contributed by atoms with Gasteiger partial charge in [-0.25, -0.2) is 4.98 Å². The summed E-state index contributed by atoms with van der Waals surface area (Å²) in [6, 6.07) is 8.07. The van der Waals surface area contributed by atoms with Crippen LogP contribution < -0.4 is 9.64 Å². The first kappa shape index (κ1) is 20.8. The van der Waals surface area contributed by atoms with Crippen LogP contribution in [0.15, 0.2) is 53.8 Å². The first-order valence-corrected chi connectivity index (χ1v) is 10.5. The lowest BCUT2D eigenvalue weighted by Crippen LogP contribution is -2.28. The third-order valence-electron chi connectivity index (χ3n) is 6.42. The van der Waals surface area contributed by atoms with Gasteiger partial charge in [-0.1, -0.05) is 12.2 Å². The number of nitrogens with zero attached hydrogens (tertiary/aromatic N) is 5. The Morgan fingerprint density at radius 1 is 1.15 bits per heavy atom. The Labute approximate surface area is 189 Å². The number of imide groups is 1. The molecule has 10 heteroatoms. The van der Waals surface area contributed by atoms with Crippen LogP contribution in [0.3, 0.4) is 0 Å². The molecule has 2 aromatic rings. The zero-order chi connectivity index (χ0) is 23.3. The lowest BCUT2D eigenvalue weighted by Gasteiger charge is -2.16. The molecule has 3 aliphatic rings. The number of amides is 2. The minimum absolute atomic E-state index is 0.114. The van der Waals surface area contributed by atoms with Crippen molar-refractivity contribution in [2.24, 2.45) is 28.8 Å². The van der Waals surface area contributed by atoms with Crippen LogP contribution in [-0.4, -0.2) is 47.0 Å². The van der Waals surface area contributed by atoms with Gasteiger partial charge in [0, 0.05) is 43.5 Å². The Balaban J connectivity index is 1.42. The second-order valence-corrected chi connectivity index (χ2v) is 8.56. The Hall–Kier alpha value is -4.08. The van der Waals surface area contributed by atoms with Crippen LogP contribution in [0.1, 0.15) is 12.0 Å². The average molecular weight is 447 g/mol. The van der Waals surface area contributed by atoms with Crippen molar-refractivity contribution >= 4 is 29.4 Å². The summed E-state index contributed by atoms with van der Waals surface area (Å²) in [5, 5.41) is 16.1. The fourth-order valence-corrected chi connectivity index (χ4v) is 4.77. The van der Waals surface area contributed by atoms with Gasteiger partial charge in [-0.15, -0.1) is 0 Å². The first-order chi connectivity index (χ1) is 15.8. The van der Waals surface area contributed by atoms with Crippen molar-refractivity contribution in [3.8, 4) is 11.6 Å². The molecule has 5 rings (SSSR count). The molecule has 10 nitrogen and oxygen atoms in total. The summed E-state index contributed by atoms with van der Waals surface area (Å²) in [5.41, 5.74) is 1.22. The Kier molecular flexibility index (Phi) is 4.92. The molecule has 168 valence electrons. The van der Waals surface area contributed by atoms with Crippen LogP contribution in [0, 0.1) is 33.8 Å². The minimum atomic E-state index is -0.539. The lowest BCUT2D eigenvalue weighted by molar-refractivity contribution is -0.385. The van der Waals surface area contributed by atoms with Crippen molar-refractivity contribution in [2.45, 2.75) is 6.42 Å². The molecule has 1 aromatic carbocycles. The van der Waals surface area contributed by atoms with E-state index >= 15 is 0 Å². The quantitative estimate of drug-likeness (QED) is 0.220. The van der Waals surface area contributed by atoms with Gasteiger partial charge in [-0.3, -0.25) is 19.7 Å². The zero-order valence-corrected chi connectivity index (χ0v) is 18.0. The number of ether oxygens (including phenoxy) is 1. The summed E-state index contributed by atoms with van der Waals surface area (Å²) in [7, 11) is 3.75. The number of carbonyl (C=O) groups excluding carboxylic acids is 2. The van der Waals surface area contributed by atoms with Gasteiger partial charge in [0.15, 0.2) is 0 Å². The molecule has 1 aromatic heterocycles. The number of fused-ring (bicyclic) bond motifs is 5. The van der Waals surface area contributed by atoms with Crippen LogP contribution >= 0.6 is 0 Å². The number of anilines is 1. The molecule has 0 unspecified atom stereocenters. The monoisotopic (exact) mass is 447 g/mol. The van der Waals surface area contributed by atoms with E-state index in [0.29, 0.717) is 11.3 Å². The fourth-order valence-electron chi connectivity index (χ4n) is 4.77. The summed E-state index contributed by atoms with van der Waals surface area (Å²) >= 11 is 0. The highest BCUT2D eigenvalue weighted by Gasteiger charge is 2.59. The van der Waals surface area contributed by atoms with Gasteiger partial charge >= 0.3 is 0 Å². The summed E-state index contributed by atoms with van der Waals surface area (Å²) in [6.45, 7) is 0. The molecule has 33 heavy (non-hydrogen) atoms. The molecule has 2 amide bonds. The maximum absolute atomic E-state index is 12.9. The second-order valence-electron chi connectivity index (χ2n) is 8.56. The molecule has 1 saturated carbocycles. The van der Waals surface area contributed by atoms with Crippen LogP contribution in [0.2, 0.25) is 0 Å². The largest absolute Gasteiger partial charge is 0.438 e. The van der Waals surface area contributed by atoms with Gasteiger partial charge < -0.3 is 9.64 Å². The summed E-state index contributed by atoms with van der Waals surface area (Å²) < 4.78 is 5.87. The number of pyridine rings is 1. The van der Waals surface area contributed by atoms with E-state index in [2.05, 4.69) is 10.1 Å². The third-order valence-corrected chi connectivity index (χ3v) is 6.42. The predicted molar refractivity (Wildman–Crippen MR) is 119 cm³/mol. The highest BCUT2D eigenvalue weighted by Crippen LogP contribution is 2.52. The van der Waals surface area contributed by atoms with Crippen molar-refractivity contribution in [3.05, 3.63) is 64.4 Å². The molecule has 4 atom stereocenters. The van der Waals surface area contributed by atoms with E-state index in [0.717, 1.165) is 23.3 Å². The SMILES string of the molecule is CN(C)c1ccc(C=NN2C(=O)[C@@H]3[C@H](C2=O)[C@H]2C=C[C@H]3C2)c(Oc2ccc([N+](=O)[O-])cn2)c1. The molecule has 2 heterocycles. The van der Waals surface area contributed by atoms with Crippen molar-refractivity contribution in [1.29, 1.82) is 0 Å².